The molecule has 1 fully saturated rings. The number of carbonyl (C=O) groups excluding carboxylic acids is 1. The molecule has 1 unspecified atom stereocenters. The number of H-pyrrole nitrogens is 1. The monoisotopic (exact) mass is 325 g/mol. The Bertz CT molecular complexity index is 856. The lowest BCUT2D eigenvalue weighted by Gasteiger charge is -2.41. The molecule has 116 valence electrons. The maximum absolute atomic E-state index is 12.6. The zero-order valence-corrected chi connectivity index (χ0v) is 13.3. The van der Waals surface area contributed by atoms with Crippen LogP contribution in [0.1, 0.15) is 23.7 Å². The summed E-state index contributed by atoms with van der Waals surface area (Å²) in [6.07, 6.45) is 1.35. The summed E-state index contributed by atoms with van der Waals surface area (Å²) in [4.78, 5) is 14.6. The van der Waals surface area contributed by atoms with Crippen LogP contribution in [0.3, 0.4) is 0 Å². The smallest absolute Gasteiger partial charge is 0.229 e. The maximum Gasteiger partial charge on any atom is 0.229 e. The molecule has 4 nitrogen and oxygen atoms in total. The molecule has 5 heteroatoms. The van der Waals surface area contributed by atoms with Crippen LogP contribution in [0.4, 0.5) is 0 Å². The minimum absolute atomic E-state index is 0.130. The molecule has 1 N–H and O–H groups in total. The summed E-state index contributed by atoms with van der Waals surface area (Å²) in [7, 11) is 0. The molecule has 1 aliphatic rings. The highest BCUT2D eigenvalue weighted by Gasteiger charge is 2.33. The van der Waals surface area contributed by atoms with Gasteiger partial charge in [0.25, 0.3) is 0 Å². The minimum Gasteiger partial charge on any atom is -0.335 e. The number of benzene rings is 2. The van der Waals surface area contributed by atoms with E-state index in [1.165, 1.54) is 0 Å². The van der Waals surface area contributed by atoms with E-state index >= 15 is 0 Å². The Labute approximate surface area is 139 Å². The van der Waals surface area contributed by atoms with Gasteiger partial charge in [0.2, 0.25) is 5.91 Å². The van der Waals surface area contributed by atoms with Crippen LogP contribution in [0, 0.1) is 0 Å². The lowest BCUT2D eigenvalue weighted by atomic mass is 9.94. The Kier molecular flexibility index (Phi) is 3.54. The molecular weight excluding hydrogens is 310 g/mol. The zero-order valence-electron chi connectivity index (χ0n) is 12.5. The van der Waals surface area contributed by atoms with Crippen molar-refractivity contribution in [3.8, 4) is 0 Å². The third-order valence-corrected chi connectivity index (χ3v) is 4.72. The van der Waals surface area contributed by atoms with E-state index in [9.17, 15) is 4.79 Å². The van der Waals surface area contributed by atoms with Gasteiger partial charge in [-0.2, -0.15) is 5.10 Å². The van der Waals surface area contributed by atoms with Crippen molar-refractivity contribution in [3.63, 3.8) is 0 Å². The maximum atomic E-state index is 12.6. The van der Waals surface area contributed by atoms with Crippen molar-refractivity contribution >= 4 is 28.4 Å². The second kappa shape index (κ2) is 5.70. The summed E-state index contributed by atoms with van der Waals surface area (Å²) >= 11 is 5.94. The van der Waals surface area contributed by atoms with Gasteiger partial charge in [-0.15, -0.1) is 0 Å². The number of rotatable bonds is 3. The first-order chi connectivity index (χ1) is 11.2. The molecule has 1 aliphatic heterocycles. The SMILES string of the molecule is O=C(Cc1[nH]nc2ccccc12)N1CCC1c1ccc(Cl)cc1. The molecule has 2 heterocycles. The van der Waals surface area contributed by atoms with Crippen molar-refractivity contribution in [1.29, 1.82) is 0 Å². The Hall–Kier alpha value is -2.33. The number of hydrogen-bond acceptors (Lipinski definition) is 2. The molecule has 2 aromatic carbocycles. The van der Waals surface area contributed by atoms with Crippen LogP contribution >= 0.6 is 11.6 Å². The van der Waals surface area contributed by atoms with E-state index in [1.807, 2.05) is 53.4 Å². The number of para-hydroxylation sites is 1. The van der Waals surface area contributed by atoms with Gasteiger partial charge in [-0.25, -0.2) is 0 Å². The van der Waals surface area contributed by atoms with Crippen LogP contribution in [0.25, 0.3) is 10.9 Å². The number of amides is 1. The van der Waals surface area contributed by atoms with Gasteiger partial charge in [0, 0.05) is 17.0 Å². The third kappa shape index (κ3) is 2.59. The molecular formula is C18H16ClN3O. The predicted molar refractivity (Wildman–Crippen MR) is 90.3 cm³/mol. The molecule has 0 radical (unpaired) electrons. The number of nitrogens with one attached hydrogen (secondary N) is 1. The van der Waals surface area contributed by atoms with Crippen LogP contribution in [0.5, 0.6) is 0 Å². The molecule has 1 amide bonds. The Morgan fingerprint density at radius 3 is 2.74 bits per heavy atom. The summed E-state index contributed by atoms with van der Waals surface area (Å²) in [6.45, 7) is 0.804. The summed E-state index contributed by atoms with van der Waals surface area (Å²) in [5, 5.41) is 8.98. The average Bonchev–Trinajstić information content (AvgIpc) is 2.92. The van der Waals surface area contributed by atoms with Crippen molar-refractivity contribution in [2.45, 2.75) is 18.9 Å². The van der Waals surface area contributed by atoms with Gasteiger partial charge in [-0.05, 0) is 30.2 Å². The van der Waals surface area contributed by atoms with Crippen LogP contribution in [0.2, 0.25) is 5.02 Å². The fourth-order valence-corrected chi connectivity index (χ4v) is 3.25. The summed E-state index contributed by atoms with van der Waals surface area (Å²) in [6, 6.07) is 15.8. The molecule has 1 aromatic heterocycles. The lowest BCUT2D eigenvalue weighted by Crippen LogP contribution is -2.45. The molecule has 0 bridgehead atoms. The standard InChI is InChI=1S/C18H16ClN3O/c19-13-7-5-12(6-8-13)17-9-10-22(17)18(23)11-16-14-3-1-2-4-15(14)20-21-16/h1-8,17H,9-11H2,(H,20,21). The first-order valence-corrected chi connectivity index (χ1v) is 8.07. The summed E-state index contributed by atoms with van der Waals surface area (Å²) in [5.41, 5.74) is 2.92. The Morgan fingerprint density at radius 1 is 1.22 bits per heavy atom. The van der Waals surface area contributed by atoms with Gasteiger partial charge in [0.05, 0.1) is 23.7 Å². The number of aromatic nitrogens is 2. The normalized spacial score (nSPS) is 17.3. The van der Waals surface area contributed by atoms with E-state index in [0.29, 0.717) is 6.42 Å². The van der Waals surface area contributed by atoms with Crippen molar-refractivity contribution in [1.82, 2.24) is 15.1 Å². The van der Waals surface area contributed by atoms with Crippen molar-refractivity contribution in [2.75, 3.05) is 6.54 Å². The van der Waals surface area contributed by atoms with E-state index in [4.69, 9.17) is 11.6 Å². The largest absolute Gasteiger partial charge is 0.335 e. The number of hydrogen-bond donors (Lipinski definition) is 1. The van der Waals surface area contributed by atoms with Gasteiger partial charge in [-0.1, -0.05) is 41.9 Å². The number of aromatic amines is 1. The van der Waals surface area contributed by atoms with E-state index in [0.717, 1.165) is 40.1 Å². The van der Waals surface area contributed by atoms with Gasteiger partial charge in [0.1, 0.15) is 0 Å². The van der Waals surface area contributed by atoms with Gasteiger partial charge in [-0.3, -0.25) is 9.89 Å². The fourth-order valence-electron chi connectivity index (χ4n) is 3.12. The average molecular weight is 326 g/mol. The van der Waals surface area contributed by atoms with E-state index < -0.39 is 0 Å². The Balaban J connectivity index is 1.52. The molecule has 0 aliphatic carbocycles. The molecule has 0 saturated carbocycles. The highest BCUT2D eigenvalue weighted by Crippen LogP contribution is 2.34. The van der Waals surface area contributed by atoms with Gasteiger partial charge < -0.3 is 4.90 Å². The minimum atomic E-state index is 0.130. The lowest BCUT2D eigenvalue weighted by molar-refractivity contribution is -0.138. The van der Waals surface area contributed by atoms with Crippen molar-refractivity contribution in [2.24, 2.45) is 0 Å². The fraction of sp³-hybridized carbons (Fsp3) is 0.222. The topological polar surface area (TPSA) is 49.0 Å². The molecule has 1 saturated heterocycles. The van der Waals surface area contributed by atoms with Crippen LogP contribution in [-0.2, 0) is 11.2 Å². The van der Waals surface area contributed by atoms with Crippen molar-refractivity contribution in [3.05, 3.63) is 64.8 Å². The second-order valence-electron chi connectivity index (χ2n) is 5.84. The number of nitrogens with zero attached hydrogens (tertiary/aromatic N) is 2. The number of likely N-dealkylation sites (tertiary alicyclic amines) is 1. The quantitative estimate of drug-likeness (QED) is 0.797. The number of halogens is 1. The highest BCUT2D eigenvalue weighted by atomic mass is 35.5. The highest BCUT2D eigenvalue weighted by molar-refractivity contribution is 6.30. The molecule has 3 aromatic rings. The third-order valence-electron chi connectivity index (χ3n) is 4.46. The van der Waals surface area contributed by atoms with Crippen LogP contribution in [0.15, 0.2) is 48.5 Å². The second-order valence-corrected chi connectivity index (χ2v) is 6.28. The van der Waals surface area contributed by atoms with E-state index in [-0.39, 0.29) is 11.9 Å². The Morgan fingerprint density at radius 2 is 2.00 bits per heavy atom. The first kappa shape index (κ1) is 14.3. The predicted octanol–water partition coefficient (Wildman–Crippen LogP) is 3.73. The van der Waals surface area contributed by atoms with Gasteiger partial charge >= 0.3 is 0 Å². The van der Waals surface area contributed by atoms with Gasteiger partial charge in [0.15, 0.2) is 0 Å². The zero-order chi connectivity index (χ0) is 15.8. The number of carbonyl (C=O) groups is 1. The molecule has 4 rings (SSSR count). The van der Waals surface area contributed by atoms with Crippen molar-refractivity contribution < 1.29 is 4.79 Å². The summed E-state index contributed by atoms with van der Waals surface area (Å²) < 4.78 is 0. The van der Waals surface area contributed by atoms with E-state index in [1.54, 1.807) is 0 Å². The molecule has 1 atom stereocenters. The number of fused-ring (bicyclic) bond motifs is 1. The molecule has 23 heavy (non-hydrogen) atoms. The molecule has 0 spiro atoms. The van der Waals surface area contributed by atoms with Crippen LogP contribution < -0.4 is 0 Å². The van der Waals surface area contributed by atoms with E-state index in [2.05, 4.69) is 10.2 Å². The summed E-state index contributed by atoms with van der Waals surface area (Å²) in [5.74, 6) is 0.130. The first-order valence-electron chi connectivity index (χ1n) is 7.69. The van der Waals surface area contributed by atoms with Crippen LogP contribution in [-0.4, -0.2) is 27.5 Å².